The van der Waals surface area contributed by atoms with Crippen molar-refractivity contribution < 1.29 is 21.9 Å². The van der Waals surface area contributed by atoms with Crippen LogP contribution in [0.4, 0.5) is 8.78 Å². The van der Waals surface area contributed by atoms with E-state index in [0.717, 1.165) is 9.75 Å². The SMILES string of the molecule is Cc1cc(S(=O)(=O)N2CCN(Cc3ccccc3OC(F)F)CC2)c(C)s1. The van der Waals surface area contributed by atoms with E-state index in [4.69, 9.17) is 0 Å². The van der Waals surface area contributed by atoms with Crippen molar-refractivity contribution in [3.8, 4) is 5.75 Å². The molecule has 1 aliphatic rings. The number of para-hydroxylation sites is 1. The normalized spacial score (nSPS) is 16.8. The van der Waals surface area contributed by atoms with Crippen molar-refractivity contribution >= 4 is 21.4 Å². The Morgan fingerprint density at radius 1 is 1.15 bits per heavy atom. The number of alkyl halides is 2. The molecule has 2 heterocycles. The van der Waals surface area contributed by atoms with E-state index in [1.807, 2.05) is 18.7 Å². The van der Waals surface area contributed by atoms with Crippen LogP contribution in [-0.4, -0.2) is 50.4 Å². The van der Waals surface area contributed by atoms with Gasteiger partial charge < -0.3 is 4.74 Å². The minimum atomic E-state index is -3.50. The Labute approximate surface area is 162 Å². The zero-order valence-electron chi connectivity index (χ0n) is 15.2. The maximum atomic E-state index is 12.9. The number of aryl methyl sites for hydroxylation is 2. The molecule has 148 valence electrons. The predicted molar refractivity (Wildman–Crippen MR) is 101 cm³/mol. The first-order chi connectivity index (χ1) is 12.8. The van der Waals surface area contributed by atoms with Crippen molar-refractivity contribution in [1.29, 1.82) is 0 Å². The molecule has 0 amide bonds. The minimum absolute atomic E-state index is 0.159. The van der Waals surface area contributed by atoms with Crippen LogP contribution < -0.4 is 4.74 Å². The Kier molecular flexibility index (Phi) is 6.15. The molecule has 27 heavy (non-hydrogen) atoms. The van der Waals surface area contributed by atoms with Gasteiger partial charge in [0, 0.05) is 48.0 Å². The highest BCUT2D eigenvalue weighted by atomic mass is 32.2. The lowest BCUT2D eigenvalue weighted by Crippen LogP contribution is -2.48. The number of rotatable bonds is 6. The highest BCUT2D eigenvalue weighted by Crippen LogP contribution is 2.29. The fraction of sp³-hybridized carbons (Fsp3) is 0.444. The van der Waals surface area contributed by atoms with Crippen LogP contribution in [0.1, 0.15) is 15.3 Å². The molecular formula is C18H22F2N2O3S2. The van der Waals surface area contributed by atoms with Crippen LogP contribution in [0.3, 0.4) is 0 Å². The summed E-state index contributed by atoms with van der Waals surface area (Å²) in [6.45, 7) is 3.09. The molecule has 1 fully saturated rings. The molecule has 0 atom stereocenters. The number of nitrogens with zero attached hydrogens (tertiary/aromatic N) is 2. The van der Waals surface area contributed by atoms with Crippen LogP contribution in [0.2, 0.25) is 0 Å². The number of benzene rings is 1. The summed E-state index contributed by atoms with van der Waals surface area (Å²) in [7, 11) is -3.50. The van der Waals surface area contributed by atoms with Crippen molar-refractivity contribution in [2.45, 2.75) is 31.9 Å². The Balaban J connectivity index is 1.65. The van der Waals surface area contributed by atoms with Gasteiger partial charge in [0.05, 0.1) is 4.90 Å². The van der Waals surface area contributed by atoms with Gasteiger partial charge in [-0.25, -0.2) is 8.42 Å². The van der Waals surface area contributed by atoms with E-state index in [1.165, 1.54) is 21.7 Å². The van der Waals surface area contributed by atoms with Crippen LogP contribution in [0.25, 0.3) is 0 Å². The van der Waals surface area contributed by atoms with E-state index in [2.05, 4.69) is 4.74 Å². The van der Waals surface area contributed by atoms with Gasteiger partial charge in [0.2, 0.25) is 10.0 Å². The Hall–Kier alpha value is -1.55. The summed E-state index contributed by atoms with van der Waals surface area (Å²) >= 11 is 1.48. The summed E-state index contributed by atoms with van der Waals surface area (Å²) in [6.07, 6.45) is 0. The second-order valence-electron chi connectivity index (χ2n) is 6.44. The van der Waals surface area contributed by atoms with Crippen molar-refractivity contribution in [3.05, 3.63) is 45.6 Å². The number of sulfonamides is 1. The van der Waals surface area contributed by atoms with Crippen molar-refractivity contribution in [2.75, 3.05) is 26.2 Å². The van der Waals surface area contributed by atoms with Gasteiger partial charge in [-0.05, 0) is 26.0 Å². The standard InChI is InChI=1S/C18H22F2N2O3S2/c1-13-11-17(14(2)26-13)27(23,24)22-9-7-21(8-10-22)12-15-5-3-4-6-16(15)25-18(19)20/h3-6,11,18H,7-10,12H2,1-2H3. The summed E-state index contributed by atoms with van der Waals surface area (Å²) in [5.74, 6) is 0.159. The van der Waals surface area contributed by atoms with Gasteiger partial charge >= 0.3 is 6.61 Å². The first-order valence-corrected chi connectivity index (χ1v) is 10.9. The number of hydrogen-bond donors (Lipinski definition) is 0. The van der Waals surface area contributed by atoms with Crippen molar-refractivity contribution in [2.24, 2.45) is 0 Å². The molecule has 0 saturated carbocycles. The van der Waals surface area contributed by atoms with Gasteiger partial charge in [-0.15, -0.1) is 11.3 Å². The summed E-state index contributed by atoms with van der Waals surface area (Å²) in [5, 5.41) is 0. The van der Waals surface area contributed by atoms with Crippen LogP contribution in [0.5, 0.6) is 5.75 Å². The first-order valence-electron chi connectivity index (χ1n) is 8.59. The van der Waals surface area contributed by atoms with Gasteiger partial charge in [0.1, 0.15) is 5.75 Å². The smallest absolute Gasteiger partial charge is 0.387 e. The van der Waals surface area contributed by atoms with Gasteiger partial charge in [0.15, 0.2) is 0 Å². The molecule has 1 saturated heterocycles. The minimum Gasteiger partial charge on any atom is -0.434 e. The molecule has 0 N–H and O–H groups in total. The van der Waals surface area contributed by atoms with E-state index in [-0.39, 0.29) is 5.75 Å². The van der Waals surface area contributed by atoms with Gasteiger partial charge in [0.25, 0.3) is 0 Å². The maximum absolute atomic E-state index is 12.9. The third-order valence-electron chi connectivity index (χ3n) is 4.53. The highest BCUT2D eigenvalue weighted by molar-refractivity contribution is 7.89. The maximum Gasteiger partial charge on any atom is 0.387 e. The first kappa shape index (κ1) is 20.2. The van der Waals surface area contributed by atoms with E-state index in [1.54, 1.807) is 24.3 Å². The molecule has 3 rings (SSSR count). The molecule has 2 aromatic rings. The lowest BCUT2D eigenvalue weighted by molar-refractivity contribution is -0.0508. The zero-order chi connectivity index (χ0) is 19.6. The Morgan fingerprint density at radius 2 is 1.81 bits per heavy atom. The Bertz CT molecular complexity index is 892. The molecule has 0 aliphatic carbocycles. The molecule has 1 aromatic carbocycles. The second kappa shape index (κ2) is 8.22. The van der Waals surface area contributed by atoms with Crippen molar-refractivity contribution in [3.63, 3.8) is 0 Å². The van der Waals surface area contributed by atoms with Crippen LogP contribution >= 0.6 is 11.3 Å². The topological polar surface area (TPSA) is 49.9 Å². The van der Waals surface area contributed by atoms with Crippen LogP contribution in [0, 0.1) is 13.8 Å². The molecule has 1 aromatic heterocycles. The van der Waals surface area contributed by atoms with Gasteiger partial charge in [-0.1, -0.05) is 18.2 Å². The van der Waals surface area contributed by atoms with E-state index in [9.17, 15) is 17.2 Å². The number of thiophene rings is 1. The Morgan fingerprint density at radius 3 is 2.41 bits per heavy atom. The number of ether oxygens (including phenoxy) is 1. The van der Waals surface area contributed by atoms with Gasteiger partial charge in [-0.3, -0.25) is 4.90 Å². The fourth-order valence-electron chi connectivity index (χ4n) is 3.22. The van der Waals surface area contributed by atoms with E-state index < -0.39 is 16.6 Å². The fourth-order valence-corrected chi connectivity index (χ4v) is 6.16. The summed E-state index contributed by atoms with van der Waals surface area (Å²) < 4.78 is 56.9. The summed E-state index contributed by atoms with van der Waals surface area (Å²) in [4.78, 5) is 4.20. The second-order valence-corrected chi connectivity index (χ2v) is 9.81. The number of halogens is 2. The average Bonchev–Trinajstić information content (AvgIpc) is 2.96. The molecule has 9 heteroatoms. The average molecular weight is 417 g/mol. The lowest BCUT2D eigenvalue weighted by atomic mass is 10.2. The molecule has 0 radical (unpaired) electrons. The zero-order valence-corrected chi connectivity index (χ0v) is 16.8. The third kappa shape index (κ3) is 4.66. The third-order valence-corrected chi connectivity index (χ3v) is 7.65. The summed E-state index contributed by atoms with van der Waals surface area (Å²) in [5.41, 5.74) is 0.665. The molecule has 1 aliphatic heterocycles. The molecular weight excluding hydrogens is 394 g/mol. The molecule has 5 nitrogen and oxygen atoms in total. The number of hydrogen-bond acceptors (Lipinski definition) is 5. The quantitative estimate of drug-likeness (QED) is 0.724. The number of piperazine rings is 1. The summed E-state index contributed by atoms with van der Waals surface area (Å²) in [6, 6.07) is 8.41. The van der Waals surface area contributed by atoms with Crippen LogP contribution in [0.15, 0.2) is 35.2 Å². The predicted octanol–water partition coefficient (Wildman–Crippen LogP) is 3.47. The molecule has 0 bridgehead atoms. The van der Waals surface area contributed by atoms with Gasteiger partial charge in [-0.2, -0.15) is 13.1 Å². The van der Waals surface area contributed by atoms with E-state index in [0.29, 0.717) is 43.2 Å². The molecule has 0 unspecified atom stereocenters. The van der Waals surface area contributed by atoms with Crippen molar-refractivity contribution in [1.82, 2.24) is 9.21 Å². The molecule has 0 spiro atoms. The van der Waals surface area contributed by atoms with E-state index >= 15 is 0 Å². The van der Waals surface area contributed by atoms with Crippen LogP contribution in [-0.2, 0) is 16.6 Å². The monoisotopic (exact) mass is 416 g/mol. The highest BCUT2D eigenvalue weighted by Gasteiger charge is 2.30. The largest absolute Gasteiger partial charge is 0.434 e. The lowest BCUT2D eigenvalue weighted by Gasteiger charge is -2.34.